The van der Waals surface area contributed by atoms with Crippen molar-refractivity contribution in [3.8, 4) is 0 Å². The standard InChI is InChI=1S/C18H15BrN2O4/c1-2-24-18(23)25-17-16(22)20-14-9-8-12(19)10-13(14)15(21-17)11-6-4-3-5-7-11/h3-10,17H,2H2,1H3,(H,20,22). The van der Waals surface area contributed by atoms with Crippen molar-refractivity contribution in [3.63, 3.8) is 0 Å². The third kappa shape index (κ3) is 3.88. The molecule has 0 spiro atoms. The average Bonchev–Trinajstić information content (AvgIpc) is 2.73. The Morgan fingerprint density at radius 3 is 2.72 bits per heavy atom. The summed E-state index contributed by atoms with van der Waals surface area (Å²) in [4.78, 5) is 28.4. The number of carbonyl (C=O) groups excluding carboxylic acids is 2. The lowest BCUT2D eigenvalue weighted by Gasteiger charge is -2.11. The van der Waals surface area contributed by atoms with Crippen molar-refractivity contribution in [1.29, 1.82) is 0 Å². The van der Waals surface area contributed by atoms with Gasteiger partial charge in [0.1, 0.15) is 0 Å². The highest BCUT2D eigenvalue weighted by Crippen LogP contribution is 2.27. The van der Waals surface area contributed by atoms with Crippen LogP contribution in [0, 0.1) is 0 Å². The van der Waals surface area contributed by atoms with Crippen LogP contribution in [0.4, 0.5) is 10.5 Å². The van der Waals surface area contributed by atoms with Crippen LogP contribution in [0.3, 0.4) is 0 Å². The first-order valence-electron chi connectivity index (χ1n) is 7.66. The Kier molecular flexibility index (Phi) is 5.14. The zero-order valence-corrected chi connectivity index (χ0v) is 14.9. The molecule has 1 unspecified atom stereocenters. The fourth-order valence-corrected chi connectivity index (χ4v) is 2.77. The zero-order chi connectivity index (χ0) is 17.8. The minimum atomic E-state index is -1.33. The number of amides is 1. The molecule has 3 rings (SSSR count). The second kappa shape index (κ2) is 7.48. The number of nitrogens with one attached hydrogen (secondary N) is 1. The van der Waals surface area contributed by atoms with Crippen LogP contribution in [0.25, 0.3) is 0 Å². The maximum absolute atomic E-state index is 12.4. The van der Waals surface area contributed by atoms with E-state index in [0.717, 1.165) is 15.6 Å². The van der Waals surface area contributed by atoms with E-state index in [1.54, 1.807) is 13.0 Å². The molecule has 128 valence electrons. The van der Waals surface area contributed by atoms with Crippen LogP contribution in [0.15, 0.2) is 58.0 Å². The number of fused-ring (bicyclic) bond motifs is 1. The van der Waals surface area contributed by atoms with E-state index in [9.17, 15) is 9.59 Å². The van der Waals surface area contributed by atoms with Crippen LogP contribution in [0.5, 0.6) is 0 Å². The van der Waals surface area contributed by atoms with Gasteiger partial charge < -0.3 is 14.8 Å². The van der Waals surface area contributed by atoms with E-state index in [4.69, 9.17) is 9.47 Å². The quantitative estimate of drug-likeness (QED) is 0.793. The highest BCUT2D eigenvalue weighted by atomic mass is 79.9. The molecule has 0 aromatic heterocycles. The van der Waals surface area contributed by atoms with Gasteiger partial charge in [0.05, 0.1) is 18.0 Å². The molecule has 0 aliphatic carbocycles. The molecule has 1 N–H and O–H groups in total. The van der Waals surface area contributed by atoms with Gasteiger partial charge in [-0.05, 0) is 25.1 Å². The molecule has 25 heavy (non-hydrogen) atoms. The van der Waals surface area contributed by atoms with Gasteiger partial charge in [-0.2, -0.15) is 0 Å². The first-order chi connectivity index (χ1) is 12.1. The summed E-state index contributed by atoms with van der Waals surface area (Å²) in [5.74, 6) is -0.539. The van der Waals surface area contributed by atoms with Crippen LogP contribution in [-0.4, -0.2) is 30.6 Å². The van der Waals surface area contributed by atoms with Crippen LogP contribution in [0.2, 0.25) is 0 Å². The molecule has 0 fully saturated rings. The predicted molar refractivity (Wildman–Crippen MR) is 96.7 cm³/mol. The molecule has 6 nitrogen and oxygen atoms in total. The van der Waals surface area contributed by atoms with Crippen LogP contribution in [0.1, 0.15) is 18.1 Å². The summed E-state index contributed by atoms with van der Waals surface area (Å²) >= 11 is 3.43. The second-order valence-electron chi connectivity index (χ2n) is 5.18. The number of nitrogens with zero attached hydrogens (tertiary/aromatic N) is 1. The highest BCUT2D eigenvalue weighted by molar-refractivity contribution is 9.10. The molecule has 2 aromatic rings. The van der Waals surface area contributed by atoms with Gasteiger partial charge in [-0.3, -0.25) is 4.79 Å². The largest absolute Gasteiger partial charge is 0.510 e. The fraction of sp³-hybridized carbons (Fsp3) is 0.167. The topological polar surface area (TPSA) is 77.0 Å². The number of rotatable bonds is 3. The van der Waals surface area contributed by atoms with Crippen molar-refractivity contribution in [3.05, 3.63) is 64.1 Å². The Balaban J connectivity index is 2.08. The number of ether oxygens (including phenoxy) is 2. The SMILES string of the molecule is CCOC(=O)OC1N=C(c2ccccc2)c2cc(Br)ccc2NC1=O. The summed E-state index contributed by atoms with van der Waals surface area (Å²) < 4.78 is 10.7. The van der Waals surface area contributed by atoms with E-state index in [1.807, 2.05) is 42.5 Å². The van der Waals surface area contributed by atoms with Crippen LogP contribution < -0.4 is 5.32 Å². The van der Waals surface area contributed by atoms with Gasteiger partial charge in [-0.1, -0.05) is 46.3 Å². The van der Waals surface area contributed by atoms with E-state index in [0.29, 0.717) is 11.4 Å². The summed E-state index contributed by atoms with van der Waals surface area (Å²) in [7, 11) is 0. The lowest BCUT2D eigenvalue weighted by atomic mass is 10.0. The molecule has 0 saturated heterocycles. The number of anilines is 1. The third-order valence-corrected chi connectivity index (χ3v) is 3.98. The molecule has 1 aliphatic rings. The molecule has 7 heteroatoms. The first kappa shape index (κ1) is 17.2. The number of benzene rings is 2. The molecule has 1 amide bonds. The maximum Gasteiger partial charge on any atom is 0.510 e. The minimum Gasteiger partial charge on any atom is -0.435 e. The number of carbonyl (C=O) groups is 2. The van der Waals surface area contributed by atoms with Crippen molar-refractivity contribution in [2.45, 2.75) is 13.2 Å². The third-order valence-electron chi connectivity index (χ3n) is 3.48. The average molecular weight is 403 g/mol. The van der Waals surface area contributed by atoms with Crippen molar-refractivity contribution < 1.29 is 19.1 Å². The molecular weight excluding hydrogens is 388 g/mol. The molecule has 1 atom stereocenters. The Hall–Kier alpha value is -2.67. The Morgan fingerprint density at radius 1 is 1.24 bits per heavy atom. The van der Waals surface area contributed by atoms with E-state index in [-0.39, 0.29) is 6.61 Å². The molecule has 0 radical (unpaired) electrons. The highest BCUT2D eigenvalue weighted by Gasteiger charge is 2.29. The zero-order valence-electron chi connectivity index (χ0n) is 13.4. The predicted octanol–water partition coefficient (Wildman–Crippen LogP) is 3.74. The normalized spacial score (nSPS) is 16.2. The van der Waals surface area contributed by atoms with Gasteiger partial charge in [0, 0.05) is 15.6 Å². The van der Waals surface area contributed by atoms with Crippen molar-refractivity contribution in [1.82, 2.24) is 0 Å². The summed E-state index contributed by atoms with van der Waals surface area (Å²) in [6.07, 6.45) is -2.27. The Morgan fingerprint density at radius 2 is 2.00 bits per heavy atom. The molecule has 0 saturated carbocycles. The van der Waals surface area contributed by atoms with Gasteiger partial charge in [0.25, 0.3) is 12.1 Å². The second-order valence-corrected chi connectivity index (χ2v) is 6.09. The van der Waals surface area contributed by atoms with E-state index in [1.165, 1.54) is 0 Å². The number of hydrogen-bond donors (Lipinski definition) is 1. The van der Waals surface area contributed by atoms with E-state index < -0.39 is 18.3 Å². The van der Waals surface area contributed by atoms with Gasteiger partial charge in [0.15, 0.2) is 0 Å². The Bertz CT molecular complexity index is 836. The molecule has 1 aliphatic heterocycles. The fourth-order valence-electron chi connectivity index (χ4n) is 2.41. The van der Waals surface area contributed by atoms with Gasteiger partial charge in [-0.25, -0.2) is 9.79 Å². The monoisotopic (exact) mass is 402 g/mol. The van der Waals surface area contributed by atoms with E-state index >= 15 is 0 Å². The number of hydrogen-bond acceptors (Lipinski definition) is 5. The van der Waals surface area contributed by atoms with Crippen LogP contribution in [-0.2, 0) is 14.3 Å². The van der Waals surface area contributed by atoms with Gasteiger partial charge in [-0.15, -0.1) is 0 Å². The molecular formula is C18H15BrN2O4. The molecule has 2 aromatic carbocycles. The number of aliphatic imine (C=N–C) groups is 1. The molecule has 1 heterocycles. The lowest BCUT2D eigenvalue weighted by molar-refractivity contribution is -0.125. The first-order valence-corrected chi connectivity index (χ1v) is 8.45. The van der Waals surface area contributed by atoms with Crippen LogP contribution >= 0.6 is 15.9 Å². The number of halogens is 1. The van der Waals surface area contributed by atoms with Gasteiger partial charge >= 0.3 is 6.16 Å². The summed E-state index contributed by atoms with van der Waals surface area (Å²) in [6, 6.07) is 14.8. The van der Waals surface area contributed by atoms with Crippen molar-refractivity contribution >= 4 is 39.4 Å². The Labute approximate surface area is 153 Å². The summed E-state index contributed by atoms with van der Waals surface area (Å²) in [5, 5.41) is 2.74. The van der Waals surface area contributed by atoms with E-state index in [2.05, 4.69) is 26.2 Å². The lowest BCUT2D eigenvalue weighted by Crippen LogP contribution is -2.30. The maximum atomic E-state index is 12.4. The minimum absolute atomic E-state index is 0.148. The molecule has 0 bridgehead atoms. The summed E-state index contributed by atoms with van der Waals surface area (Å²) in [5.41, 5.74) is 2.66. The van der Waals surface area contributed by atoms with Gasteiger partial charge in [0.2, 0.25) is 0 Å². The summed E-state index contributed by atoms with van der Waals surface area (Å²) in [6.45, 7) is 1.80. The van der Waals surface area contributed by atoms with Crippen molar-refractivity contribution in [2.75, 3.05) is 11.9 Å². The number of benzodiazepines with no additional fused rings is 1. The van der Waals surface area contributed by atoms with Crippen molar-refractivity contribution in [2.24, 2.45) is 4.99 Å². The smallest absolute Gasteiger partial charge is 0.435 e.